The smallest absolute Gasteiger partial charge is 0.232 e. The highest BCUT2D eigenvalue weighted by Gasteiger charge is 2.30. The first-order valence-corrected chi connectivity index (χ1v) is 5.85. The Balaban J connectivity index is 2.15. The number of aromatic nitrogens is 2. The molecule has 1 fully saturated rings. The zero-order valence-electron chi connectivity index (χ0n) is 9.29. The SMILES string of the molecule is COc1nc(NC2(C)CCOC2)ncc1Br. The molecule has 0 spiro atoms. The Morgan fingerprint density at radius 3 is 3.06 bits per heavy atom. The summed E-state index contributed by atoms with van der Waals surface area (Å²) in [5.74, 6) is 1.09. The monoisotopic (exact) mass is 287 g/mol. The lowest BCUT2D eigenvalue weighted by molar-refractivity contribution is 0.185. The number of hydrogen-bond donors (Lipinski definition) is 1. The van der Waals surface area contributed by atoms with Crippen molar-refractivity contribution in [1.29, 1.82) is 0 Å². The molecule has 5 nitrogen and oxygen atoms in total. The van der Waals surface area contributed by atoms with E-state index >= 15 is 0 Å². The lowest BCUT2D eigenvalue weighted by atomic mass is 10.0. The van der Waals surface area contributed by atoms with Crippen LogP contribution in [-0.2, 0) is 4.74 Å². The zero-order chi connectivity index (χ0) is 11.6. The van der Waals surface area contributed by atoms with Gasteiger partial charge in [0.05, 0.1) is 29.9 Å². The van der Waals surface area contributed by atoms with Crippen molar-refractivity contribution in [2.24, 2.45) is 0 Å². The lowest BCUT2D eigenvalue weighted by Gasteiger charge is -2.23. The molecule has 1 atom stereocenters. The first-order chi connectivity index (χ1) is 7.63. The van der Waals surface area contributed by atoms with E-state index in [-0.39, 0.29) is 5.54 Å². The summed E-state index contributed by atoms with van der Waals surface area (Å²) in [6, 6.07) is 0. The van der Waals surface area contributed by atoms with Gasteiger partial charge in [0.15, 0.2) is 0 Å². The zero-order valence-corrected chi connectivity index (χ0v) is 10.9. The van der Waals surface area contributed by atoms with Crippen molar-refractivity contribution in [2.45, 2.75) is 18.9 Å². The van der Waals surface area contributed by atoms with Gasteiger partial charge < -0.3 is 14.8 Å². The molecule has 0 saturated carbocycles. The van der Waals surface area contributed by atoms with Gasteiger partial charge in [0.2, 0.25) is 11.8 Å². The van der Waals surface area contributed by atoms with Crippen molar-refractivity contribution >= 4 is 21.9 Å². The van der Waals surface area contributed by atoms with Gasteiger partial charge in [-0.1, -0.05) is 0 Å². The Kier molecular flexibility index (Phi) is 3.30. The molecular weight excluding hydrogens is 274 g/mol. The summed E-state index contributed by atoms with van der Waals surface area (Å²) in [5.41, 5.74) is -0.0845. The molecule has 0 radical (unpaired) electrons. The van der Waals surface area contributed by atoms with Crippen molar-refractivity contribution in [1.82, 2.24) is 9.97 Å². The molecule has 1 aromatic rings. The number of nitrogens with zero attached hydrogens (tertiary/aromatic N) is 2. The van der Waals surface area contributed by atoms with Crippen LogP contribution < -0.4 is 10.1 Å². The summed E-state index contributed by atoms with van der Waals surface area (Å²) in [5, 5.41) is 3.27. The fourth-order valence-electron chi connectivity index (χ4n) is 1.59. The maximum atomic E-state index is 5.35. The second-order valence-corrected chi connectivity index (χ2v) is 4.89. The summed E-state index contributed by atoms with van der Waals surface area (Å²) in [6.07, 6.45) is 2.63. The van der Waals surface area contributed by atoms with Gasteiger partial charge in [-0.2, -0.15) is 4.98 Å². The third-order valence-corrected chi connectivity index (χ3v) is 3.08. The van der Waals surface area contributed by atoms with E-state index in [1.165, 1.54) is 0 Å². The van der Waals surface area contributed by atoms with Crippen LogP contribution in [0.2, 0.25) is 0 Å². The van der Waals surface area contributed by atoms with Gasteiger partial charge in [0.25, 0.3) is 0 Å². The summed E-state index contributed by atoms with van der Waals surface area (Å²) in [4.78, 5) is 8.44. The minimum Gasteiger partial charge on any atom is -0.480 e. The van der Waals surface area contributed by atoms with E-state index in [1.54, 1.807) is 13.3 Å². The van der Waals surface area contributed by atoms with E-state index in [2.05, 4.69) is 38.1 Å². The number of nitrogens with one attached hydrogen (secondary N) is 1. The first kappa shape index (κ1) is 11.6. The van der Waals surface area contributed by atoms with Crippen LogP contribution in [0.5, 0.6) is 5.88 Å². The summed E-state index contributed by atoms with van der Waals surface area (Å²) < 4.78 is 11.2. The largest absolute Gasteiger partial charge is 0.480 e. The number of rotatable bonds is 3. The highest BCUT2D eigenvalue weighted by molar-refractivity contribution is 9.10. The molecule has 1 aliphatic rings. The van der Waals surface area contributed by atoms with E-state index in [0.717, 1.165) is 17.5 Å². The van der Waals surface area contributed by atoms with Gasteiger partial charge in [-0.25, -0.2) is 4.98 Å². The van der Waals surface area contributed by atoms with Crippen molar-refractivity contribution in [2.75, 3.05) is 25.6 Å². The molecule has 1 unspecified atom stereocenters. The fraction of sp³-hybridized carbons (Fsp3) is 0.600. The second kappa shape index (κ2) is 4.55. The number of methoxy groups -OCH3 is 1. The van der Waals surface area contributed by atoms with Crippen LogP contribution in [0.15, 0.2) is 10.7 Å². The Labute approximate surface area is 103 Å². The van der Waals surface area contributed by atoms with E-state index in [4.69, 9.17) is 9.47 Å². The van der Waals surface area contributed by atoms with Crippen LogP contribution in [0.25, 0.3) is 0 Å². The van der Waals surface area contributed by atoms with Gasteiger partial charge in [-0.05, 0) is 29.3 Å². The minimum absolute atomic E-state index is 0.0845. The lowest BCUT2D eigenvalue weighted by Crippen LogP contribution is -2.35. The highest BCUT2D eigenvalue weighted by atomic mass is 79.9. The molecule has 6 heteroatoms. The predicted octanol–water partition coefficient (Wildman–Crippen LogP) is 1.84. The average Bonchev–Trinajstić information content (AvgIpc) is 2.68. The van der Waals surface area contributed by atoms with Gasteiger partial charge in [-0.3, -0.25) is 0 Å². The van der Waals surface area contributed by atoms with Crippen LogP contribution in [0.4, 0.5) is 5.95 Å². The van der Waals surface area contributed by atoms with Gasteiger partial charge in [0, 0.05) is 6.61 Å². The molecule has 16 heavy (non-hydrogen) atoms. The standard InChI is InChI=1S/C10H14BrN3O2/c1-10(3-4-16-6-10)14-9-12-5-7(11)8(13-9)15-2/h5H,3-4,6H2,1-2H3,(H,12,13,14). The molecule has 0 amide bonds. The molecule has 0 aromatic carbocycles. The van der Waals surface area contributed by atoms with E-state index < -0.39 is 0 Å². The molecule has 2 rings (SSSR count). The van der Waals surface area contributed by atoms with Crippen LogP contribution in [0.3, 0.4) is 0 Å². The van der Waals surface area contributed by atoms with Crippen LogP contribution in [0, 0.1) is 0 Å². The molecule has 0 bridgehead atoms. The molecule has 88 valence electrons. The average molecular weight is 288 g/mol. The molecule has 0 aliphatic carbocycles. The third kappa shape index (κ3) is 2.44. The molecule has 1 saturated heterocycles. The Morgan fingerprint density at radius 1 is 1.62 bits per heavy atom. The number of halogens is 1. The molecule has 1 aliphatic heterocycles. The van der Waals surface area contributed by atoms with Crippen LogP contribution in [-0.4, -0.2) is 35.8 Å². The normalized spacial score (nSPS) is 24.4. The summed E-state index contributed by atoms with van der Waals surface area (Å²) in [6.45, 7) is 3.55. The number of anilines is 1. The van der Waals surface area contributed by atoms with Gasteiger partial charge in [-0.15, -0.1) is 0 Å². The third-order valence-electron chi connectivity index (χ3n) is 2.54. The molecule has 2 heterocycles. The highest BCUT2D eigenvalue weighted by Crippen LogP contribution is 2.25. The fourth-order valence-corrected chi connectivity index (χ4v) is 1.94. The topological polar surface area (TPSA) is 56.3 Å². The quantitative estimate of drug-likeness (QED) is 0.919. The van der Waals surface area contributed by atoms with Crippen molar-refractivity contribution in [3.05, 3.63) is 10.7 Å². The molecule has 1 aromatic heterocycles. The predicted molar refractivity (Wildman–Crippen MR) is 63.7 cm³/mol. The van der Waals surface area contributed by atoms with Crippen LogP contribution in [0.1, 0.15) is 13.3 Å². The van der Waals surface area contributed by atoms with Crippen molar-refractivity contribution < 1.29 is 9.47 Å². The Hall–Kier alpha value is -0.880. The van der Waals surface area contributed by atoms with Crippen molar-refractivity contribution in [3.63, 3.8) is 0 Å². The Morgan fingerprint density at radius 2 is 2.44 bits per heavy atom. The minimum atomic E-state index is -0.0845. The van der Waals surface area contributed by atoms with Crippen LogP contribution >= 0.6 is 15.9 Å². The molecule has 1 N–H and O–H groups in total. The van der Waals surface area contributed by atoms with Gasteiger partial charge in [0.1, 0.15) is 0 Å². The van der Waals surface area contributed by atoms with Crippen molar-refractivity contribution in [3.8, 4) is 5.88 Å². The Bertz CT molecular complexity index is 380. The number of ether oxygens (including phenoxy) is 2. The second-order valence-electron chi connectivity index (χ2n) is 4.04. The number of hydrogen-bond acceptors (Lipinski definition) is 5. The van der Waals surface area contributed by atoms with E-state index in [1.807, 2.05) is 0 Å². The van der Waals surface area contributed by atoms with E-state index in [9.17, 15) is 0 Å². The summed E-state index contributed by atoms with van der Waals surface area (Å²) in [7, 11) is 1.58. The van der Waals surface area contributed by atoms with Gasteiger partial charge >= 0.3 is 0 Å². The molecular formula is C10H14BrN3O2. The maximum Gasteiger partial charge on any atom is 0.232 e. The maximum absolute atomic E-state index is 5.35. The first-order valence-electron chi connectivity index (χ1n) is 5.05. The summed E-state index contributed by atoms with van der Waals surface area (Å²) >= 11 is 3.31. The van der Waals surface area contributed by atoms with E-state index in [0.29, 0.717) is 18.4 Å².